The molecule has 5 nitrogen and oxygen atoms in total. The van der Waals surface area contributed by atoms with Crippen LogP contribution in [-0.2, 0) is 4.79 Å². The monoisotopic (exact) mass is 344 g/mol. The first-order valence-electron chi connectivity index (χ1n) is 9.25. The SMILES string of the molecule is Cc1ccc(O)c(C(=O)N2CCC(=O)N(CC3CC3)[C@@H](C(C)C)C2)c1. The average molecular weight is 344 g/mol. The molecule has 1 aromatic rings. The van der Waals surface area contributed by atoms with Crippen molar-refractivity contribution in [3.8, 4) is 5.75 Å². The summed E-state index contributed by atoms with van der Waals surface area (Å²) >= 11 is 0. The lowest BCUT2D eigenvalue weighted by molar-refractivity contribution is -0.133. The highest BCUT2D eigenvalue weighted by molar-refractivity contribution is 5.97. The summed E-state index contributed by atoms with van der Waals surface area (Å²) in [5.41, 5.74) is 1.26. The van der Waals surface area contributed by atoms with Gasteiger partial charge < -0.3 is 14.9 Å². The molecule has 1 saturated carbocycles. The molecule has 1 aliphatic carbocycles. The van der Waals surface area contributed by atoms with Crippen LogP contribution in [0.3, 0.4) is 0 Å². The van der Waals surface area contributed by atoms with Crippen LogP contribution >= 0.6 is 0 Å². The van der Waals surface area contributed by atoms with Crippen LogP contribution in [0.4, 0.5) is 0 Å². The van der Waals surface area contributed by atoms with Crippen LogP contribution in [0.25, 0.3) is 0 Å². The third kappa shape index (κ3) is 3.97. The van der Waals surface area contributed by atoms with E-state index in [0.29, 0.717) is 31.0 Å². The van der Waals surface area contributed by atoms with Gasteiger partial charge in [-0.05, 0) is 43.7 Å². The fourth-order valence-corrected chi connectivity index (χ4v) is 3.54. The molecular weight excluding hydrogens is 316 g/mol. The molecule has 1 atom stereocenters. The maximum Gasteiger partial charge on any atom is 0.257 e. The van der Waals surface area contributed by atoms with E-state index in [1.165, 1.54) is 12.8 Å². The molecule has 0 bridgehead atoms. The quantitative estimate of drug-likeness (QED) is 0.914. The molecule has 2 fully saturated rings. The van der Waals surface area contributed by atoms with Crippen molar-refractivity contribution >= 4 is 11.8 Å². The Morgan fingerprint density at radius 3 is 2.68 bits per heavy atom. The van der Waals surface area contributed by atoms with E-state index in [4.69, 9.17) is 0 Å². The number of carbonyl (C=O) groups is 2. The van der Waals surface area contributed by atoms with Crippen LogP contribution in [0.5, 0.6) is 5.75 Å². The van der Waals surface area contributed by atoms with Crippen molar-refractivity contribution in [2.45, 2.75) is 46.1 Å². The summed E-state index contributed by atoms with van der Waals surface area (Å²) in [6, 6.07) is 5.10. The van der Waals surface area contributed by atoms with E-state index in [2.05, 4.69) is 13.8 Å². The Labute approximate surface area is 149 Å². The summed E-state index contributed by atoms with van der Waals surface area (Å²) < 4.78 is 0. The van der Waals surface area contributed by atoms with Crippen LogP contribution in [0.1, 0.15) is 49.0 Å². The van der Waals surface area contributed by atoms with E-state index in [1.807, 2.05) is 11.8 Å². The fourth-order valence-electron chi connectivity index (χ4n) is 3.54. The number of rotatable bonds is 4. The first-order valence-corrected chi connectivity index (χ1v) is 9.25. The highest BCUT2D eigenvalue weighted by atomic mass is 16.3. The van der Waals surface area contributed by atoms with Crippen LogP contribution in [0.15, 0.2) is 18.2 Å². The van der Waals surface area contributed by atoms with E-state index >= 15 is 0 Å². The van der Waals surface area contributed by atoms with Crippen molar-refractivity contribution in [1.82, 2.24) is 9.80 Å². The predicted molar refractivity (Wildman–Crippen MR) is 96.4 cm³/mol. The number of nitrogens with zero attached hydrogens (tertiary/aromatic N) is 2. The van der Waals surface area contributed by atoms with Crippen molar-refractivity contribution in [2.75, 3.05) is 19.6 Å². The smallest absolute Gasteiger partial charge is 0.257 e. The van der Waals surface area contributed by atoms with Gasteiger partial charge in [0, 0.05) is 26.1 Å². The minimum Gasteiger partial charge on any atom is -0.507 e. The molecule has 0 radical (unpaired) electrons. The summed E-state index contributed by atoms with van der Waals surface area (Å²) in [5.74, 6) is 0.875. The van der Waals surface area contributed by atoms with Gasteiger partial charge in [-0.3, -0.25) is 9.59 Å². The highest BCUT2D eigenvalue weighted by Gasteiger charge is 2.37. The number of phenols is 1. The fraction of sp³-hybridized carbons (Fsp3) is 0.600. The maximum atomic E-state index is 13.0. The third-order valence-electron chi connectivity index (χ3n) is 5.31. The number of carbonyl (C=O) groups excluding carboxylic acids is 2. The van der Waals surface area contributed by atoms with Crippen LogP contribution < -0.4 is 0 Å². The summed E-state index contributed by atoms with van der Waals surface area (Å²) in [5, 5.41) is 10.1. The summed E-state index contributed by atoms with van der Waals surface area (Å²) in [4.78, 5) is 29.4. The minimum atomic E-state index is -0.187. The Morgan fingerprint density at radius 1 is 1.32 bits per heavy atom. The molecule has 0 unspecified atom stereocenters. The third-order valence-corrected chi connectivity index (χ3v) is 5.31. The van der Waals surface area contributed by atoms with Gasteiger partial charge in [-0.15, -0.1) is 0 Å². The molecule has 0 aromatic heterocycles. The molecule has 3 rings (SSSR count). The topological polar surface area (TPSA) is 60.9 Å². The number of phenolic OH excluding ortho intramolecular Hbond substituents is 1. The number of benzene rings is 1. The van der Waals surface area contributed by atoms with Gasteiger partial charge in [0.2, 0.25) is 5.91 Å². The Hall–Kier alpha value is -2.04. The first kappa shape index (κ1) is 17.8. The molecule has 1 N–H and O–H groups in total. The summed E-state index contributed by atoms with van der Waals surface area (Å²) in [6.07, 6.45) is 2.76. The van der Waals surface area contributed by atoms with Crippen molar-refractivity contribution < 1.29 is 14.7 Å². The van der Waals surface area contributed by atoms with E-state index in [9.17, 15) is 14.7 Å². The van der Waals surface area contributed by atoms with Crippen molar-refractivity contribution in [3.05, 3.63) is 29.3 Å². The Morgan fingerprint density at radius 2 is 2.04 bits per heavy atom. The van der Waals surface area contributed by atoms with Gasteiger partial charge >= 0.3 is 0 Å². The second kappa shape index (κ2) is 7.06. The van der Waals surface area contributed by atoms with E-state index in [1.54, 1.807) is 23.1 Å². The Kier molecular flexibility index (Phi) is 5.02. The molecule has 1 aromatic carbocycles. The predicted octanol–water partition coefficient (Wildman–Crippen LogP) is 2.81. The Bertz CT molecular complexity index is 667. The van der Waals surface area contributed by atoms with Crippen molar-refractivity contribution in [3.63, 3.8) is 0 Å². The molecule has 1 heterocycles. The largest absolute Gasteiger partial charge is 0.507 e. The lowest BCUT2D eigenvalue weighted by Gasteiger charge is -2.35. The first-order chi connectivity index (χ1) is 11.9. The van der Waals surface area contributed by atoms with E-state index in [-0.39, 0.29) is 29.5 Å². The molecule has 2 aliphatic rings. The number of hydrogen-bond donors (Lipinski definition) is 1. The van der Waals surface area contributed by atoms with Gasteiger partial charge in [0.1, 0.15) is 5.75 Å². The number of amides is 2. The molecule has 2 amide bonds. The summed E-state index contributed by atoms with van der Waals surface area (Å²) in [6.45, 7) is 7.87. The molecular formula is C20H28N2O3. The second-order valence-electron chi connectivity index (χ2n) is 7.82. The standard InChI is InChI=1S/C20H28N2O3/c1-13(2)17-12-21(9-8-19(24)22(17)11-15-5-6-15)20(25)16-10-14(3)4-7-18(16)23/h4,7,10,13,15,17,23H,5-6,8-9,11-12H2,1-3H3/t17-/m1/s1. The molecule has 1 saturated heterocycles. The van der Waals surface area contributed by atoms with Gasteiger partial charge in [0.25, 0.3) is 5.91 Å². The summed E-state index contributed by atoms with van der Waals surface area (Å²) in [7, 11) is 0. The van der Waals surface area contributed by atoms with Gasteiger partial charge in [0.05, 0.1) is 11.6 Å². The van der Waals surface area contributed by atoms with Gasteiger partial charge in [0.15, 0.2) is 0 Å². The minimum absolute atomic E-state index is 0.00195. The van der Waals surface area contributed by atoms with E-state index in [0.717, 1.165) is 12.1 Å². The zero-order valence-corrected chi connectivity index (χ0v) is 15.4. The van der Waals surface area contributed by atoms with Crippen LogP contribution in [0.2, 0.25) is 0 Å². The molecule has 136 valence electrons. The molecule has 5 heteroatoms. The van der Waals surface area contributed by atoms with Crippen molar-refractivity contribution in [2.24, 2.45) is 11.8 Å². The van der Waals surface area contributed by atoms with Gasteiger partial charge in [-0.2, -0.15) is 0 Å². The lowest BCUT2D eigenvalue weighted by Crippen LogP contribution is -2.48. The Balaban J connectivity index is 1.83. The second-order valence-corrected chi connectivity index (χ2v) is 7.82. The van der Waals surface area contributed by atoms with Crippen molar-refractivity contribution in [1.29, 1.82) is 0 Å². The highest BCUT2D eigenvalue weighted by Crippen LogP contribution is 2.32. The number of aryl methyl sites for hydroxylation is 1. The molecule has 0 spiro atoms. The van der Waals surface area contributed by atoms with Crippen LogP contribution in [-0.4, -0.2) is 52.4 Å². The average Bonchev–Trinajstić information content (AvgIpc) is 3.39. The van der Waals surface area contributed by atoms with Gasteiger partial charge in [-0.25, -0.2) is 0 Å². The van der Waals surface area contributed by atoms with E-state index < -0.39 is 0 Å². The normalized spacial score (nSPS) is 21.6. The molecule has 25 heavy (non-hydrogen) atoms. The van der Waals surface area contributed by atoms with Gasteiger partial charge in [-0.1, -0.05) is 25.5 Å². The zero-order valence-electron chi connectivity index (χ0n) is 15.4. The molecule has 1 aliphatic heterocycles. The number of hydrogen-bond acceptors (Lipinski definition) is 3. The van der Waals surface area contributed by atoms with Crippen LogP contribution in [0, 0.1) is 18.8 Å². The zero-order chi connectivity index (χ0) is 18.1. The lowest BCUT2D eigenvalue weighted by atomic mass is 10.0. The number of aromatic hydroxyl groups is 1. The maximum absolute atomic E-state index is 13.0.